The maximum Gasteiger partial charge on any atom is 0.247 e. The van der Waals surface area contributed by atoms with Crippen molar-refractivity contribution < 1.29 is 0 Å². The third-order valence-corrected chi connectivity index (χ3v) is 2.76. The number of nitrogens with one attached hydrogen (secondary N) is 1. The monoisotopic (exact) mass is 232 g/mol. The lowest BCUT2D eigenvalue weighted by Crippen LogP contribution is -2.02. The van der Waals surface area contributed by atoms with Crippen molar-refractivity contribution in [2.75, 3.05) is 5.73 Å². The number of aryl methyl sites for hydroxylation is 1. The molecule has 90 valence electrons. The predicted octanol–water partition coefficient (Wildman–Crippen LogP) is 1.48. The summed E-state index contributed by atoms with van der Waals surface area (Å²) in [6, 6.07) is 3.25. The first kappa shape index (κ1) is 11.4. The second kappa shape index (κ2) is 4.08. The number of aromatic nitrogens is 3. The summed E-state index contributed by atoms with van der Waals surface area (Å²) in [6.45, 7) is 4.14. The highest BCUT2D eigenvalue weighted by Gasteiger charge is 2.18. The number of hydrogen-bond donors (Lipinski definition) is 2. The molecule has 0 radical (unpaired) electrons. The zero-order valence-corrected chi connectivity index (χ0v) is 10.2. The third-order valence-electron chi connectivity index (χ3n) is 2.76. The molecule has 0 fully saturated rings. The lowest BCUT2D eigenvalue weighted by atomic mass is 9.99. The number of hydrogen-bond acceptors (Lipinski definition) is 3. The van der Waals surface area contributed by atoms with E-state index in [0.717, 1.165) is 16.8 Å². The maximum absolute atomic E-state index is 11.0. The van der Waals surface area contributed by atoms with Gasteiger partial charge in [-0.15, -0.1) is 0 Å². The smallest absolute Gasteiger partial charge is 0.247 e. The zero-order chi connectivity index (χ0) is 12.6. The molecule has 5 nitrogen and oxygen atoms in total. The minimum Gasteiger partial charge on any atom is -0.384 e. The van der Waals surface area contributed by atoms with Crippen LogP contribution in [0.5, 0.6) is 0 Å². The van der Waals surface area contributed by atoms with Crippen LogP contribution in [0.1, 0.15) is 25.3 Å². The van der Waals surface area contributed by atoms with E-state index in [1.165, 1.54) is 6.07 Å². The number of nitrogens with zero attached hydrogens (tertiary/aromatic N) is 2. The minimum absolute atomic E-state index is 0.122. The molecular formula is C12H16N4O. The fourth-order valence-corrected chi connectivity index (χ4v) is 1.89. The molecule has 2 rings (SSSR count). The summed E-state index contributed by atoms with van der Waals surface area (Å²) < 4.78 is 1.66. The van der Waals surface area contributed by atoms with Crippen molar-refractivity contribution in [3.63, 3.8) is 0 Å². The molecule has 0 atom stereocenters. The van der Waals surface area contributed by atoms with E-state index >= 15 is 0 Å². The fourth-order valence-electron chi connectivity index (χ4n) is 1.89. The van der Waals surface area contributed by atoms with Gasteiger partial charge >= 0.3 is 0 Å². The highest BCUT2D eigenvalue weighted by molar-refractivity contribution is 5.68. The number of nitrogen functional groups attached to an aromatic ring is 1. The molecule has 0 amide bonds. The molecule has 0 saturated carbocycles. The van der Waals surface area contributed by atoms with Crippen LogP contribution in [-0.4, -0.2) is 14.8 Å². The SMILES string of the molecule is CC(C)c1c(-c2ccc(=O)[nH]c2)nn(C)c1N. The quantitative estimate of drug-likeness (QED) is 0.823. The van der Waals surface area contributed by atoms with Crippen LogP contribution in [0, 0.1) is 0 Å². The minimum atomic E-state index is -0.122. The molecule has 0 aliphatic heterocycles. The molecule has 0 aromatic carbocycles. The van der Waals surface area contributed by atoms with Gasteiger partial charge in [0.1, 0.15) is 5.82 Å². The highest BCUT2D eigenvalue weighted by Crippen LogP contribution is 2.31. The summed E-state index contributed by atoms with van der Waals surface area (Å²) in [5, 5.41) is 4.40. The Bertz CT molecular complexity index is 575. The first-order valence-corrected chi connectivity index (χ1v) is 5.52. The molecule has 0 saturated heterocycles. The Kier molecular flexibility index (Phi) is 2.75. The van der Waals surface area contributed by atoms with E-state index in [0.29, 0.717) is 5.82 Å². The van der Waals surface area contributed by atoms with Gasteiger partial charge in [0.15, 0.2) is 0 Å². The van der Waals surface area contributed by atoms with Crippen LogP contribution in [0.3, 0.4) is 0 Å². The second-order valence-electron chi connectivity index (χ2n) is 4.37. The molecule has 0 unspecified atom stereocenters. The van der Waals surface area contributed by atoms with Crippen molar-refractivity contribution in [2.45, 2.75) is 19.8 Å². The topological polar surface area (TPSA) is 76.7 Å². The van der Waals surface area contributed by atoms with Crippen molar-refractivity contribution in [3.8, 4) is 11.3 Å². The summed E-state index contributed by atoms with van der Waals surface area (Å²) in [5.74, 6) is 0.951. The predicted molar refractivity (Wildman–Crippen MR) is 67.8 cm³/mol. The Balaban J connectivity index is 2.63. The normalized spacial score (nSPS) is 11.1. The first-order valence-electron chi connectivity index (χ1n) is 5.52. The molecule has 17 heavy (non-hydrogen) atoms. The number of nitrogens with two attached hydrogens (primary N) is 1. The zero-order valence-electron chi connectivity index (χ0n) is 10.2. The summed E-state index contributed by atoms with van der Waals surface area (Å²) in [5.41, 5.74) is 8.60. The van der Waals surface area contributed by atoms with Crippen LogP contribution in [0.15, 0.2) is 23.1 Å². The molecule has 2 aromatic heterocycles. The van der Waals surface area contributed by atoms with Gasteiger partial charge in [0.2, 0.25) is 5.56 Å². The number of aromatic amines is 1. The standard InChI is InChI=1S/C12H16N4O/c1-7(2)10-11(15-16(3)12(10)13)8-4-5-9(17)14-6-8/h4-7H,13H2,1-3H3,(H,14,17). The van der Waals surface area contributed by atoms with Gasteiger partial charge in [-0.2, -0.15) is 5.10 Å². The van der Waals surface area contributed by atoms with Gasteiger partial charge in [-0.05, 0) is 12.0 Å². The van der Waals surface area contributed by atoms with E-state index < -0.39 is 0 Å². The second-order valence-corrected chi connectivity index (χ2v) is 4.37. The largest absolute Gasteiger partial charge is 0.384 e. The summed E-state index contributed by atoms with van der Waals surface area (Å²) in [7, 11) is 1.82. The van der Waals surface area contributed by atoms with E-state index in [4.69, 9.17) is 5.73 Å². The number of H-pyrrole nitrogens is 1. The Labute approximate surface area is 99.3 Å². The average molecular weight is 232 g/mol. The summed E-state index contributed by atoms with van der Waals surface area (Å²) in [6.07, 6.45) is 1.66. The van der Waals surface area contributed by atoms with Gasteiger partial charge in [-0.1, -0.05) is 13.8 Å². The third kappa shape index (κ3) is 1.95. The van der Waals surface area contributed by atoms with Gasteiger partial charge < -0.3 is 10.7 Å². The van der Waals surface area contributed by atoms with Crippen LogP contribution < -0.4 is 11.3 Å². The van der Waals surface area contributed by atoms with Crippen molar-refractivity contribution in [1.82, 2.24) is 14.8 Å². The number of pyridine rings is 1. The van der Waals surface area contributed by atoms with Crippen LogP contribution in [0.2, 0.25) is 0 Å². The fraction of sp³-hybridized carbons (Fsp3) is 0.333. The Morgan fingerprint density at radius 3 is 2.65 bits per heavy atom. The van der Waals surface area contributed by atoms with Crippen LogP contribution >= 0.6 is 0 Å². The Morgan fingerprint density at radius 1 is 1.41 bits per heavy atom. The summed E-state index contributed by atoms with van der Waals surface area (Å²) >= 11 is 0. The van der Waals surface area contributed by atoms with Crippen LogP contribution in [-0.2, 0) is 7.05 Å². The highest BCUT2D eigenvalue weighted by atomic mass is 16.1. The van der Waals surface area contributed by atoms with Crippen molar-refractivity contribution in [3.05, 3.63) is 34.2 Å². The molecule has 0 bridgehead atoms. The molecular weight excluding hydrogens is 216 g/mol. The average Bonchev–Trinajstić information content (AvgIpc) is 2.56. The van der Waals surface area contributed by atoms with E-state index in [2.05, 4.69) is 23.9 Å². The molecule has 5 heteroatoms. The van der Waals surface area contributed by atoms with E-state index in [9.17, 15) is 4.79 Å². The van der Waals surface area contributed by atoms with Crippen LogP contribution in [0.4, 0.5) is 5.82 Å². The Hall–Kier alpha value is -2.04. The van der Waals surface area contributed by atoms with Crippen molar-refractivity contribution >= 4 is 5.82 Å². The van der Waals surface area contributed by atoms with Gasteiger partial charge in [0.05, 0.1) is 5.69 Å². The van der Waals surface area contributed by atoms with E-state index in [1.54, 1.807) is 16.9 Å². The first-order chi connectivity index (χ1) is 8.00. The van der Waals surface area contributed by atoms with Crippen molar-refractivity contribution in [2.24, 2.45) is 7.05 Å². The van der Waals surface area contributed by atoms with Gasteiger partial charge in [0.25, 0.3) is 0 Å². The van der Waals surface area contributed by atoms with E-state index in [-0.39, 0.29) is 11.5 Å². The number of anilines is 1. The molecule has 2 heterocycles. The molecule has 3 N–H and O–H groups in total. The van der Waals surface area contributed by atoms with Crippen molar-refractivity contribution in [1.29, 1.82) is 0 Å². The summed E-state index contributed by atoms with van der Waals surface area (Å²) in [4.78, 5) is 13.7. The Morgan fingerprint density at radius 2 is 2.12 bits per heavy atom. The van der Waals surface area contributed by atoms with E-state index in [1.807, 2.05) is 7.05 Å². The van der Waals surface area contributed by atoms with Crippen LogP contribution in [0.25, 0.3) is 11.3 Å². The number of rotatable bonds is 2. The molecule has 0 aliphatic rings. The van der Waals surface area contributed by atoms with Gasteiger partial charge in [0, 0.05) is 30.4 Å². The molecule has 0 spiro atoms. The lowest BCUT2D eigenvalue weighted by Gasteiger charge is -2.06. The van der Waals surface area contributed by atoms with Gasteiger partial charge in [-0.3, -0.25) is 9.48 Å². The molecule has 0 aliphatic carbocycles. The molecule has 2 aromatic rings. The van der Waals surface area contributed by atoms with Gasteiger partial charge in [-0.25, -0.2) is 0 Å². The maximum atomic E-state index is 11.0. The lowest BCUT2D eigenvalue weighted by molar-refractivity contribution is 0.779.